The molecule has 13 nitrogen and oxygen atoms in total. The predicted octanol–water partition coefficient (Wildman–Crippen LogP) is -2.27. The zero-order valence-corrected chi connectivity index (χ0v) is 18.1. The molecule has 0 fully saturated rings. The maximum atomic E-state index is 12.6. The monoisotopic (exact) mass is 466 g/mol. The van der Waals surface area contributed by atoms with Crippen LogP contribution in [0, 0.1) is 0 Å². The molecule has 0 aliphatic heterocycles. The van der Waals surface area contributed by atoms with E-state index in [0.29, 0.717) is 11.4 Å². The normalized spacial score (nSPS) is 14.6. The van der Waals surface area contributed by atoms with Crippen LogP contribution in [0.25, 0.3) is 0 Å². The van der Waals surface area contributed by atoms with Gasteiger partial charge < -0.3 is 36.8 Å². The van der Waals surface area contributed by atoms with E-state index in [2.05, 4.69) is 48.5 Å². The van der Waals surface area contributed by atoms with Gasteiger partial charge in [0.1, 0.15) is 18.1 Å². The highest BCUT2D eigenvalue weighted by Gasteiger charge is 2.29. The Balaban J connectivity index is 1.99. The number of imidazole rings is 2. The average molecular weight is 467 g/mol. The lowest BCUT2D eigenvalue weighted by Gasteiger charge is -2.23. The first-order chi connectivity index (χ1) is 15.2. The fourth-order valence-corrected chi connectivity index (χ4v) is 2.94. The van der Waals surface area contributed by atoms with E-state index in [1.807, 2.05) is 0 Å². The molecule has 8 N–H and O–H groups in total. The number of thiol groups is 1. The second-order valence-electron chi connectivity index (χ2n) is 7.04. The van der Waals surface area contributed by atoms with E-state index >= 15 is 0 Å². The Kier molecular flexibility index (Phi) is 9.22. The minimum Gasteiger partial charge on any atom is -0.480 e. The van der Waals surface area contributed by atoms with Gasteiger partial charge in [0.05, 0.1) is 18.7 Å². The van der Waals surface area contributed by atoms with Gasteiger partial charge in [0.15, 0.2) is 0 Å². The fraction of sp³-hybridized carbons (Fsp3) is 0.444. The SMILES string of the molecule is CC(NC(=O)C(N)Cc1cnc[nH]1)C(=O)NC(Cc1cnc[nH]1)C(=O)NC(CS)C(=O)O. The number of H-pyrrole nitrogens is 2. The number of carbonyl (C=O) groups excluding carboxylic acids is 3. The third-order valence-electron chi connectivity index (χ3n) is 4.49. The molecule has 0 aliphatic rings. The Morgan fingerprint density at radius 1 is 0.969 bits per heavy atom. The van der Waals surface area contributed by atoms with Crippen LogP contribution in [0.3, 0.4) is 0 Å². The van der Waals surface area contributed by atoms with Crippen molar-refractivity contribution in [1.29, 1.82) is 0 Å². The van der Waals surface area contributed by atoms with Crippen LogP contribution in [0.5, 0.6) is 0 Å². The molecular formula is C18H26N8O5S. The molecule has 4 unspecified atom stereocenters. The summed E-state index contributed by atoms with van der Waals surface area (Å²) in [6.07, 6.45) is 6.10. The first-order valence-corrected chi connectivity index (χ1v) is 10.3. The third kappa shape index (κ3) is 7.39. The molecule has 2 aromatic heterocycles. The molecule has 0 bridgehead atoms. The molecule has 3 amide bonds. The van der Waals surface area contributed by atoms with E-state index in [1.165, 1.54) is 32.0 Å². The Morgan fingerprint density at radius 2 is 1.53 bits per heavy atom. The number of hydrogen-bond acceptors (Lipinski definition) is 8. The van der Waals surface area contributed by atoms with Gasteiger partial charge in [-0.25, -0.2) is 14.8 Å². The number of carboxylic acids is 1. The highest BCUT2D eigenvalue weighted by molar-refractivity contribution is 7.80. The van der Waals surface area contributed by atoms with Crippen molar-refractivity contribution in [3.63, 3.8) is 0 Å². The van der Waals surface area contributed by atoms with E-state index in [4.69, 9.17) is 10.8 Å². The van der Waals surface area contributed by atoms with Crippen LogP contribution >= 0.6 is 12.6 Å². The maximum Gasteiger partial charge on any atom is 0.327 e. The zero-order chi connectivity index (χ0) is 23.7. The molecule has 0 aromatic carbocycles. The van der Waals surface area contributed by atoms with E-state index in [1.54, 1.807) is 0 Å². The summed E-state index contributed by atoms with van der Waals surface area (Å²) >= 11 is 3.91. The summed E-state index contributed by atoms with van der Waals surface area (Å²) in [6.45, 7) is 1.44. The van der Waals surface area contributed by atoms with Crippen molar-refractivity contribution in [2.45, 2.75) is 43.9 Å². The van der Waals surface area contributed by atoms with Crippen molar-refractivity contribution >= 4 is 36.3 Å². The topological polar surface area (TPSA) is 208 Å². The van der Waals surface area contributed by atoms with Crippen molar-refractivity contribution < 1.29 is 24.3 Å². The summed E-state index contributed by atoms with van der Waals surface area (Å²) in [6, 6.07) is -4.28. The summed E-state index contributed by atoms with van der Waals surface area (Å²) in [5.41, 5.74) is 7.07. The van der Waals surface area contributed by atoms with E-state index in [-0.39, 0.29) is 18.6 Å². The molecule has 2 rings (SSSR count). The summed E-state index contributed by atoms with van der Waals surface area (Å²) in [4.78, 5) is 62.1. The van der Waals surface area contributed by atoms with Gasteiger partial charge in [-0.15, -0.1) is 0 Å². The molecule has 0 spiro atoms. The standard InChI is InChI=1S/C18H26N8O5S/c1-9(24-16(28)12(19)2-10-4-20-7-22-10)15(27)25-13(3-11-5-21-8-23-11)17(29)26-14(6-32)18(30)31/h4-5,7-9,12-14,32H,2-3,6,19H2,1H3,(H,20,22)(H,21,23)(H,24,28)(H,25,27)(H,26,29)(H,30,31). The van der Waals surface area contributed by atoms with Crippen LogP contribution in [0.2, 0.25) is 0 Å². The number of aromatic nitrogens is 4. The average Bonchev–Trinajstić information content (AvgIpc) is 3.45. The van der Waals surface area contributed by atoms with E-state index in [9.17, 15) is 19.2 Å². The molecule has 0 saturated heterocycles. The van der Waals surface area contributed by atoms with Gasteiger partial charge in [0, 0.05) is 42.4 Å². The number of aliphatic carboxylic acids is 1. The quantitative estimate of drug-likeness (QED) is 0.160. The maximum absolute atomic E-state index is 12.6. The number of hydrogen-bond donors (Lipinski definition) is 8. The van der Waals surface area contributed by atoms with Gasteiger partial charge in [-0.2, -0.15) is 12.6 Å². The second kappa shape index (κ2) is 11.9. The van der Waals surface area contributed by atoms with Crippen molar-refractivity contribution in [2.24, 2.45) is 5.73 Å². The van der Waals surface area contributed by atoms with Crippen molar-refractivity contribution in [2.75, 3.05) is 5.75 Å². The van der Waals surface area contributed by atoms with Gasteiger partial charge in [-0.1, -0.05) is 0 Å². The van der Waals surface area contributed by atoms with Crippen LogP contribution in [0.15, 0.2) is 25.0 Å². The molecule has 32 heavy (non-hydrogen) atoms. The third-order valence-corrected chi connectivity index (χ3v) is 4.86. The number of nitrogens with two attached hydrogens (primary N) is 1. The summed E-state index contributed by atoms with van der Waals surface area (Å²) in [5, 5.41) is 16.5. The van der Waals surface area contributed by atoms with Crippen LogP contribution in [-0.4, -0.2) is 78.7 Å². The number of nitrogens with one attached hydrogen (secondary N) is 5. The lowest BCUT2D eigenvalue weighted by Crippen LogP contribution is -2.57. The molecule has 14 heteroatoms. The van der Waals surface area contributed by atoms with Gasteiger partial charge in [-0.3, -0.25) is 14.4 Å². The second-order valence-corrected chi connectivity index (χ2v) is 7.41. The Labute approximate surface area is 188 Å². The number of aromatic amines is 2. The summed E-state index contributed by atoms with van der Waals surface area (Å²) < 4.78 is 0. The Bertz CT molecular complexity index is 905. The van der Waals surface area contributed by atoms with Crippen LogP contribution in [-0.2, 0) is 32.0 Å². The lowest BCUT2D eigenvalue weighted by atomic mass is 10.1. The smallest absolute Gasteiger partial charge is 0.327 e. The number of carboxylic acid groups (broad SMARTS) is 1. The molecule has 2 heterocycles. The molecule has 0 aliphatic carbocycles. The van der Waals surface area contributed by atoms with Crippen molar-refractivity contribution in [3.05, 3.63) is 36.4 Å². The van der Waals surface area contributed by atoms with E-state index in [0.717, 1.165) is 0 Å². The van der Waals surface area contributed by atoms with Crippen LogP contribution in [0.1, 0.15) is 18.3 Å². The lowest BCUT2D eigenvalue weighted by molar-refractivity contribution is -0.141. The Morgan fingerprint density at radius 3 is 2.03 bits per heavy atom. The summed E-state index contributed by atoms with van der Waals surface area (Å²) in [5.74, 6) is -3.31. The number of carbonyl (C=O) groups is 4. The zero-order valence-electron chi connectivity index (χ0n) is 17.2. The largest absolute Gasteiger partial charge is 0.480 e. The van der Waals surface area contributed by atoms with Crippen molar-refractivity contribution in [1.82, 2.24) is 35.9 Å². The molecule has 4 atom stereocenters. The number of amides is 3. The minimum atomic E-state index is -1.26. The molecular weight excluding hydrogens is 440 g/mol. The molecule has 174 valence electrons. The van der Waals surface area contributed by atoms with Gasteiger partial charge >= 0.3 is 5.97 Å². The van der Waals surface area contributed by atoms with Crippen LogP contribution < -0.4 is 21.7 Å². The molecule has 2 aromatic rings. The number of nitrogens with zero attached hydrogens (tertiary/aromatic N) is 2. The Hall–Kier alpha value is -3.39. The van der Waals surface area contributed by atoms with Gasteiger partial charge in [0.25, 0.3) is 0 Å². The van der Waals surface area contributed by atoms with Crippen LogP contribution in [0.4, 0.5) is 0 Å². The molecule has 0 saturated carbocycles. The van der Waals surface area contributed by atoms with Gasteiger partial charge in [-0.05, 0) is 6.92 Å². The first kappa shape index (κ1) is 24.9. The highest BCUT2D eigenvalue weighted by atomic mass is 32.1. The highest BCUT2D eigenvalue weighted by Crippen LogP contribution is 2.02. The number of rotatable bonds is 12. The summed E-state index contributed by atoms with van der Waals surface area (Å²) in [7, 11) is 0. The fourth-order valence-electron chi connectivity index (χ4n) is 2.69. The minimum absolute atomic E-state index is 0.0243. The predicted molar refractivity (Wildman–Crippen MR) is 116 cm³/mol. The van der Waals surface area contributed by atoms with Crippen molar-refractivity contribution in [3.8, 4) is 0 Å². The van der Waals surface area contributed by atoms with Gasteiger partial charge in [0.2, 0.25) is 17.7 Å². The molecule has 0 radical (unpaired) electrons. The van der Waals surface area contributed by atoms with E-state index < -0.39 is 47.9 Å². The first-order valence-electron chi connectivity index (χ1n) is 9.66.